The summed E-state index contributed by atoms with van der Waals surface area (Å²) >= 11 is 5.99. The highest BCUT2D eigenvalue weighted by molar-refractivity contribution is 6.32. The lowest BCUT2D eigenvalue weighted by molar-refractivity contribution is -0.120. The maximum atomic E-state index is 11.5. The Bertz CT molecular complexity index is 450. The number of aromatic nitrogens is 2. The van der Waals surface area contributed by atoms with Gasteiger partial charge in [0.2, 0.25) is 11.9 Å². The monoisotopic (exact) mass is 283 g/mol. The lowest BCUT2D eigenvalue weighted by Gasteiger charge is -2.09. The molecule has 0 aliphatic heterocycles. The lowest BCUT2D eigenvalue weighted by Crippen LogP contribution is -2.27. The Balaban J connectivity index is 1.80. The van der Waals surface area contributed by atoms with Crippen LogP contribution in [0.1, 0.15) is 26.2 Å². The van der Waals surface area contributed by atoms with E-state index in [1.54, 1.807) is 6.20 Å². The standard InChI is InChI=1S/C12H18ClN5O/c1-2-14-12-16-7-9(13)11(18-12)15-6-5-10(19)17-8-3-4-8/h7-8H,2-6H2,1H3,(H,17,19)(H2,14,15,16,18). The molecule has 1 aromatic heterocycles. The third-order valence-electron chi connectivity index (χ3n) is 2.67. The Kier molecular flexibility index (Phi) is 4.79. The molecule has 1 saturated carbocycles. The number of anilines is 2. The molecular weight excluding hydrogens is 266 g/mol. The van der Waals surface area contributed by atoms with Crippen LogP contribution in [-0.2, 0) is 4.79 Å². The van der Waals surface area contributed by atoms with Crippen LogP contribution in [0.2, 0.25) is 5.02 Å². The number of amides is 1. The van der Waals surface area contributed by atoms with Crippen LogP contribution in [0.3, 0.4) is 0 Å². The van der Waals surface area contributed by atoms with Crippen molar-refractivity contribution in [2.45, 2.75) is 32.2 Å². The summed E-state index contributed by atoms with van der Waals surface area (Å²) in [5.74, 6) is 1.13. The molecule has 1 aliphatic rings. The van der Waals surface area contributed by atoms with E-state index < -0.39 is 0 Å². The van der Waals surface area contributed by atoms with Crippen LogP contribution in [0.25, 0.3) is 0 Å². The molecule has 0 spiro atoms. The SMILES string of the molecule is CCNc1ncc(Cl)c(NCCC(=O)NC2CC2)n1. The summed E-state index contributed by atoms with van der Waals surface area (Å²) in [5.41, 5.74) is 0. The normalized spacial score (nSPS) is 14.0. The van der Waals surface area contributed by atoms with Crippen LogP contribution in [-0.4, -0.2) is 35.0 Å². The van der Waals surface area contributed by atoms with Crippen LogP contribution in [0.5, 0.6) is 0 Å². The highest BCUT2D eigenvalue weighted by Gasteiger charge is 2.22. The highest BCUT2D eigenvalue weighted by atomic mass is 35.5. The summed E-state index contributed by atoms with van der Waals surface area (Å²) < 4.78 is 0. The molecular formula is C12H18ClN5O. The predicted molar refractivity (Wildman–Crippen MR) is 75.5 cm³/mol. The van der Waals surface area contributed by atoms with Crippen molar-refractivity contribution < 1.29 is 4.79 Å². The third kappa shape index (κ3) is 4.55. The Morgan fingerprint density at radius 3 is 2.95 bits per heavy atom. The fraction of sp³-hybridized carbons (Fsp3) is 0.583. The van der Waals surface area contributed by atoms with E-state index in [4.69, 9.17) is 11.6 Å². The van der Waals surface area contributed by atoms with Crippen molar-refractivity contribution >= 4 is 29.3 Å². The number of carbonyl (C=O) groups is 1. The summed E-state index contributed by atoms with van der Waals surface area (Å²) in [4.78, 5) is 19.8. The molecule has 3 N–H and O–H groups in total. The Hall–Kier alpha value is -1.56. The number of hydrogen-bond acceptors (Lipinski definition) is 5. The molecule has 0 bridgehead atoms. The zero-order chi connectivity index (χ0) is 13.7. The summed E-state index contributed by atoms with van der Waals surface area (Å²) in [7, 11) is 0. The first-order valence-electron chi connectivity index (χ1n) is 6.48. The smallest absolute Gasteiger partial charge is 0.224 e. The second-order valence-corrected chi connectivity index (χ2v) is 4.85. The zero-order valence-corrected chi connectivity index (χ0v) is 11.6. The molecule has 0 atom stereocenters. The van der Waals surface area contributed by atoms with Crippen molar-refractivity contribution in [3.8, 4) is 0 Å². The molecule has 1 fully saturated rings. The van der Waals surface area contributed by atoms with Gasteiger partial charge in [-0.2, -0.15) is 4.98 Å². The largest absolute Gasteiger partial charge is 0.368 e. The number of carbonyl (C=O) groups excluding carboxylic acids is 1. The maximum absolute atomic E-state index is 11.5. The summed E-state index contributed by atoms with van der Waals surface area (Å²) in [6.07, 6.45) is 4.15. The average Bonchev–Trinajstić information content (AvgIpc) is 3.17. The molecule has 1 amide bonds. The van der Waals surface area contributed by atoms with Crippen LogP contribution >= 0.6 is 11.6 Å². The first kappa shape index (κ1) is 13.9. The van der Waals surface area contributed by atoms with E-state index >= 15 is 0 Å². The number of nitrogens with zero attached hydrogens (tertiary/aromatic N) is 2. The van der Waals surface area contributed by atoms with Crippen LogP contribution in [0.15, 0.2) is 6.20 Å². The van der Waals surface area contributed by atoms with Gasteiger partial charge in [0.1, 0.15) is 10.8 Å². The molecule has 7 heteroatoms. The fourth-order valence-electron chi connectivity index (χ4n) is 1.56. The van der Waals surface area contributed by atoms with Gasteiger partial charge in [0.25, 0.3) is 0 Å². The minimum Gasteiger partial charge on any atom is -0.368 e. The van der Waals surface area contributed by atoms with Crippen LogP contribution in [0.4, 0.5) is 11.8 Å². The van der Waals surface area contributed by atoms with Gasteiger partial charge in [-0.25, -0.2) is 4.98 Å². The summed E-state index contributed by atoms with van der Waals surface area (Å²) in [5, 5.41) is 9.44. The zero-order valence-electron chi connectivity index (χ0n) is 10.9. The van der Waals surface area contributed by atoms with E-state index in [1.165, 1.54) is 0 Å². The summed E-state index contributed by atoms with van der Waals surface area (Å²) in [6.45, 7) is 3.21. The lowest BCUT2D eigenvalue weighted by atomic mass is 10.4. The molecule has 6 nitrogen and oxygen atoms in total. The van der Waals surface area contributed by atoms with E-state index in [2.05, 4.69) is 25.9 Å². The van der Waals surface area contributed by atoms with Crippen molar-refractivity contribution in [1.29, 1.82) is 0 Å². The quantitative estimate of drug-likeness (QED) is 0.709. The predicted octanol–water partition coefficient (Wildman–Crippen LogP) is 1.64. The molecule has 2 rings (SSSR count). The van der Waals surface area contributed by atoms with E-state index in [0.29, 0.717) is 35.8 Å². The average molecular weight is 284 g/mol. The Morgan fingerprint density at radius 1 is 1.47 bits per heavy atom. The molecule has 1 aliphatic carbocycles. The third-order valence-corrected chi connectivity index (χ3v) is 2.94. The van der Waals surface area contributed by atoms with Crippen LogP contribution in [0, 0.1) is 0 Å². The van der Waals surface area contributed by atoms with Gasteiger partial charge in [-0.05, 0) is 19.8 Å². The molecule has 19 heavy (non-hydrogen) atoms. The van der Waals surface area contributed by atoms with Gasteiger partial charge in [-0.1, -0.05) is 11.6 Å². The molecule has 0 saturated heterocycles. The van der Waals surface area contributed by atoms with E-state index in [1.807, 2.05) is 6.92 Å². The van der Waals surface area contributed by atoms with E-state index in [0.717, 1.165) is 19.4 Å². The van der Waals surface area contributed by atoms with Gasteiger partial charge in [0, 0.05) is 25.6 Å². The minimum absolute atomic E-state index is 0.0621. The van der Waals surface area contributed by atoms with Crippen molar-refractivity contribution in [1.82, 2.24) is 15.3 Å². The van der Waals surface area contributed by atoms with Gasteiger partial charge < -0.3 is 16.0 Å². The summed E-state index contributed by atoms with van der Waals surface area (Å²) in [6, 6.07) is 0.399. The maximum Gasteiger partial charge on any atom is 0.224 e. The van der Waals surface area contributed by atoms with Crippen molar-refractivity contribution in [3.63, 3.8) is 0 Å². The first-order valence-corrected chi connectivity index (χ1v) is 6.86. The second kappa shape index (κ2) is 6.56. The van der Waals surface area contributed by atoms with Gasteiger partial charge in [-0.15, -0.1) is 0 Å². The molecule has 0 radical (unpaired) electrons. The molecule has 0 unspecified atom stereocenters. The van der Waals surface area contributed by atoms with Crippen molar-refractivity contribution in [3.05, 3.63) is 11.2 Å². The van der Waals surface area contributed by atoms with Gasteiger partial charge >= 0.3 is 0 Å². The molecule has 1 heterocycles. The van der Waals surface area contributed by atoms with Gasteiger partial charge in [0.15, 0.2) is 0 Å². The number of hydrogen-bond donors (Lipinski definition) is 3. The molecule has 0 aromatic carbocycles. The highest BCUT2D eigenvalue weighted by Crippen LogP contribution is 2.20. The van der Waals surface area contributed by atoms with Crippen molar-refractivity contribution in [2.75, 3.05) is 23.7 Å². The van der Waals surface area contributed by atoms with Crippen molar-refractivity contribution in [2.24, 2.45) is 0 Å². The number of nitrogens with one attached hydrogen (secondary N) is 3. The van der Waals surface area contributed by atoms with E-state index in [9.17, 15) is 4.79 Å². The van der Waals surface area contributed by atoms with Gasteiger partial charge in [-0.3, -0.25) is 4.79 Å². The number of rotatable bonds is 7. The second-order valence-electron chi connectivity index (χ2n) is 4.44. The van der Waals surface area contributed by atoms with Crippen LogP contribution < -0.4 is 16.0 Å². The number of halogens is 1. The van der Waals surface area contributed by atoms with E-state index in [-0.39, 0.29) is 5.91 Å². The Morgan fingerprint density at radius 2 is 2.26 bits per heavy atom. The van der Waals surface area contributed by atoms with Gasteiger partial charge in [0.05, 0.1) is 6.20 Å². The molecule has 104 valence electrons. The Labute approximate surface area is 117 Å². The minimum atomic E-state index is 0.0621. The fourth-order valence-corrected chi connectivity index (χ4v) is 1.71. The molecule has 1 aromatic rings. The topological polar surface area (TPSA) is 78.9 Å². The first-order chi connectivity index (χ1) is 9.19.